The largest absolute Gasteiger partial charge is 0.493 e. The van der Waals surface area contributed by atoms with E-state index in [1.54, 1.807) is 0 Å². The van der Waals surface area contributed by atoms with Crippen LogP contribution < -0.4 is 5.73 Å². The first kappa shape index (κ1) is 10.1. The highest BCUT2D eigenvalue weighted by Crippen LogP contribution is 2.35. The summed E-state index contributed by atoms with van der Waals surface area (Å²) in [5, 5.41) is 16.3. The molecule has 0 radical (unpaired) electrons. The lowest BCUT2D eigenvalue weighted by Crippen LogP contribution is -2.01. The molecular weight excluding hydrogens is 215 g/mol. The Morgan fingerprint density at radius 2 is 2.25 bits per heavy atom. The Morgan fingerprint density at radius 3 is 2.94 bits per heavy atom. The number of primary amides is 1. The summed E-state index contributed by atoms with van der Waals surface area (Å²) in [5.74, 6) is -0.785. The fourth-order valence-corrected chi connectivity index (χ4v) is 1.34. The summed E-state index contributed by atoms with van der Waals surface area (Å²) < 4.78 is 13.0. The lowest BCUT2D eigenvalue weighted by Gasteiger charge is -1.91. The lowest BCUT2D eigenvalue weighted by atomic mass is 10.2. The number of carbonyl (C=O) groups excluding carboxylic acids is 1. The number of urea groups is 1. The molecule has 2 aromatic rings. The summed E-state index contributed by atoms with van der Waals surface area (Å²) in [6, 6.07) is 2.84. The summed E-state index contributed by atoms with van der Waals surface area (Å²) in [7, 11) is 0. The summed E-state index contributed by atoms with van der Waals surface area (Å²) >= 11 is 0. The van der Waals surface area contributed by atoms with E-state index in [9.17, 15) is 14.3 Å². The number of aromatic nitrogens is 1. The minimum Gasteiger partial charge on any atom is -0.493 e. The van der Waals surface area contributed by atoms with Crippen molar-refractivity contribution in [2.24, 2.45) is 16.0 Å². The van der Waals surface area contributed by atoms with Gasteiger partial charge in [-0.15, -0.1) is 5.11 Å². The van der Waals surface area contributed by atoms with Crippen molar-refractivity contribution in [1.82, 2.24) is 4.98 Å². The number of hydrogen-bond acceptors (Lipinski definition) is 3. The second-order valence-corrected chi connectivity index (χ2v) is 3.05. The van der Waals surface area contributed by atoms with E-state index in [1.165, 1.54) is 18.2 Å². The van der Waals surface area contributed by atoms with Gasteiger partial charge in [0, 0.05) is 5.39 Å². The first-order valence-corrected chi connectivity index (χ1v) is 4.29. The van der Waals surface area contributed by atoms with E-state index in [2.05, 4.69) is 15.2 Å². The molecule has 0 saturated carbocycles. The number of nitrogens with one attached hydrogen (secondary N) is 1. The highest BCUT2D eigenvalue weighted by atomic mass is 19.1. The number of rotatable bonds is 1. The third-order valence-electron chi connectivity index (χ3n) is 1.96. The predicted octanol–water partition coefficient (Wildman–Crippen LogP) is 2.17. The van der Waals surface area contributed by atoms with Gasteiger partial charge in [-0.25, -0.2) is 9.18 Å². The first-order valence-electron chi connectivity index (χ1n) is 4.29. The Labute approximate surface area is 88.6 Å². The van der Waals surface area contributed by atoms with Crippen LogP contribution in [0.15, 0.2) is 28.4 Å². The van der Waals surface area contributed by atoms with E-state index in [4.69, 9.17) is 5.73 Å². The van der Waals surface area contributed by atoms with Gasteiger partial charge < -0.3 is 15.8 Å². The predicted molar refractivity (Wildman–Crippen MR) is 54.0 cm³/mol. The van der Waals surface area contributed by atoms with Crippen LogP contribution in [-0.2, 0) is 0 Å². The average Bonchev–Trinajstić information content (AvgIpc) is 2.51. The van der Waals surface area contributed by atoms with Gasteiger partial charge in [0.15, 0.2) is 5.69 Å². The third kappa shape index (κ3) is 1.70. The molecule has 0 fully saturated rings. The topological polar surface area (TPSA) is 104 Å². The van der Waals surface area contributed by atoms with Crippen LogP contribution in [0.5, 0.6) is 5.88 Å². The Hall–Kier alpha value is -2.44. The molecule has 2 rings (SSSR count). The maximum atomic E-state index is 13.0. The molecule has 0 bridgehead atoms. The van der Waals surface area contributed by atoms with Crippen LogP contribution in [0.4, 0.5) is 14.9 Å². The molecule has 0 aliphatic heterocycles. The smallest absolute Gasteiger partial charge is 0.356 e. The monoisotopic (exact) mass is 222 g/mol. The van der Waals surface area contributed by atoms with Crippen molar-refractivity contribution in [3.63, 3.8) is 0 Å². The Kier molecular flexibility index (Phi) is 2.28. The van der Waals surface area contributed by atoms with Crippen molar-refractivity contribution in [3.05, 3.63) is 24.0 Å². The molecule has 4 N–H and O–H groups in total. The average molecular weight is 222 g/mol. The number of H-pyrrole nitrogens is 1. The van der Waals surface area contributed by atoms with Crippen LogP contribution in [0, 0.1) is 5.82 Å². The minimum atomic E-state index is -0.995. The van der Waals surface area contributed by atoms with Crippen LogP contribution in [0.3, 0.4) is 0 Å². The Bertz CT molecular complexity index is 590. The maximum Gasteiger partial charge on any atom is 0.356 e. The molecule has 1 aromatic heterocycles. The van der Waals surface area contributed by atoms with Crippen LogP contribution in [0.25, 0.3) is 10.9 Å². The molecule has 0 saturated heterocycles. The number of aromatic amines is 1. The van der Waals surface area contributed by atoms with Crippen LogP contribution in [0.1, 0.15) is 0 Å². The van der Waals surface area contributed by atoms with Gasteiger partial charge in [-0.1, -0.05) is 5.11 Å². The van der Waals surface area contributed by atoms with Crippen LogP contribution in [0.2, 0.25) is 0 Å². The van der Waals surface area contributed by atoms with Crippen molar-refractivity contribution < 1.29 is 14.3 Å². The van der Waals surface area contributed by atoms with Crippen molar-refractivity contribution in [2.45, 2.75) is 0 Å². The van der Waals surface area contributed by atoms with E-state index in [1.807, 2.05) is 0 Å². The lowest BCUT2D eigenvalue weighted by molar-refractivity contribution is 0.255. The van der Waals surface area contributed by atoms with Gasteiger partial charge in [0.1, 0.15) is 5.82 Å². The van der Waals surface area contributed by atoms with Gasteiger partial charge in [0.2, 0.25) is 5.88 Å². The molecule has 7 heteroatoms. The second-order valence-electron chi connectivity index (χ2n) is 3.05. The molecular formula is C9H7FN4O2. The molecule has 0 spiro atoms. The zero-order valence-electron chi connectivity index (χ0n) is 7.94. The SMILES string of the molecule is NC(=O)N=Nc1c(O)[nH]c2ccc(F)cc12. The Balaban J connectivity index is 2.62. The van der Waals surface area contributed by atoms with Gasteiger partial charge >= 0.3 is 6.03 Å². The van der Waals surface area contributed by atoms with Crippen molar-refractivity contribution in [3.8, 4) is 5.88 Å². The summed E-state index contributed by atoms with van der Waals surface area (Å²) in [5.41, 5.74) is 5.23. The molecule has 1 aromatic carbocycles. The minimum absolute atomic E-state index is 0.0201. The fraction of sp³-hybridized carbons (Fsp3) is 0. The van der Waals surface area contributed by atoms with E-state index < -0.39 is 11.8 Å². The standard InChI is InChI=1S/C9H7FN4O2/c10-4-1-2-6-5(3-4)7(8(15)12-6)13-14-9(11)16/h1-3,12,15H,(H2,11,16). The number of hydrogen-bond donors (Lipinski definition) is 3. The van der Waals surface area contributed by atoms with Crippen LogP contribution in [-0.4, -0.2) is 16.1 Å². The van der Waals surface area contributed by atoms with Gasteiger partial charge in [-0.2, -0.15) is 0 Å². The molecule has 0 aliphatic rings. The number of aromatic hydroxyl groups is 1. The molecule has 16 heavy (non-hydrogen) atoms. The number of halogens is 1. The molecule has 1 heterocycles. The quantitative estimate of drug-likeness (QED) is 0.643. The molecule has 82 valence electrons. The first-order chi connectivity index (χ1) is 7.58. The van der Waals surface area contributed by atoms with Gasteiger partial charge in [0.05, 0.1) is 5.52 Å². The molecule has 2 amide bonds. The molecule has 0 unspecified atom stereocenters. The summed E-state index contributed by atoms with van der Waals surface area (Å²) in [6.45, 7) is 0. The number of carbonyl (C=O) groups is 1. The molecule has 0 aliphatic carbocycles. The maximum absolute atomic E-state index is 13.0. The number of amides is 2. The van der Waals surface area contributed by atoms with Crippen molar-refractivity contribution >= 4 is 22.6 Å². The van der Waals surface area contributed by atoms with E-state index in [-0.39, 0.29) is 11.6 Å². The Morgan fingerprint density at radius 1 is 1.50 bits per heavy atom. The second kappa shape index (κ2) is 3.61. The van der Waals surface area contributed by atoms with Crippen LogP contribution >= 0.6 is 0 Å². The third-order valence-corrected chi connectivity index (χ3v) is 1.96. The number of nitrogens with two attached hydrogens (primary N) is 1. The van der Waals surface area contributed by atoms with Gasteiger partial charge in [-0.05, 0) is 18.2 Å². The van der Waals surface area contributed by atoms with Crippen molar-refractivity contribution in [2.75, 3.05) is 0 Å². The normalized spacial score (nSPS) is 11.3. The van der Waals surface area contributed by atoms with Gasteiger partial charge in [-0.3, -0.25) is 0 Å². The molecule has 6 nitrogen and oxygen atoms in total. The fourth-order valence-electron chi connectivity index (χ4n) is 1.34. The van der Waals surface area contributed by atoms with E-state index in [0.29, 0.717) is 10.9 Å². The number of nitrogens with zero attached hydrogens (tertiary/aromatic N) is 2. The summed E-state index contributed by atoms with van der Waals surface area (Å²) in [6.07, 6.45) is 0. The van der Waals surface area contributed by atoms with E-state index in [0.717, 1.165) is 0 Å². The van der Waals surface area contributed by atoms with E-state index >= 15 is 0 Å². The highest BCUT2D eigenvalue weighted by molar-refractivity contribution is 5.94. The highest BCUT2D eigenvalue weighted by Gasteiger charge is 2.11. The zero-order valence-corrected chi connectivity index (χ0v) is 7.94. The number of benzene rings is 1. The van der Waals surface area contributed by atoms with Crippen molar-refractivity contribution in [1.29, 1.82) is 0 Å². The summed E-state index contributed by atoms with van der Waals surface area (Å²) in [4.78, 5) is 13.0. The number of fused-ring (bicyclic) bond motifs is 1. The number of azo groups is 1. The van der Waals surface area contributed by atoms with Gasteiger partial charge in [0.25, 0.3) is 0 Å². The zero-order chi connectivity index (χ0) is 11.7. The molecule has 0 atom stereocenters.